The Morgan fingerprint density at radius 1 is 1.16 bits per heavy atom. The van der Waals surface area contributed by atoms with Gasteiger partial charge in [0.1, 0.15) is 12.1 Å². The summed E-state index contributed by atoms with van der Waals surface area (Å²) < 4.78 is 6.93. The van der Waals surface area contributed by atoms with Crippen LogP contribution in [0.4, 0.5) is 5.82 Å². The van der Waals surface area contributed by atoms with E-state index in [9.17, 15) is 4.79 Å². The van der Waals surface area contributed by atoms with Crippen LogP contribution in [-0.4, -0.2) is 69.8 Å². The van der Waals surface area contributed by atoms with Gasteiger partial charge in [-0.15, -0.1) is 0 Å². The van der Waals surface area contributed by atoms with E-state index in [0.29, 0.717) is 25.2 Å². The van der Waals surface area contributed by atoms with Gasteiger partial charge in [-0.3, -0.25) is 9.69 Å². The summed E-state index contributed by atoms with van der Waals surface area (Å²) in [7, 11) is 0. The standard InChI is InChI=1S/C24H30N6O2/c1-3-32-22(31)12-11-21-19(2)27-24-25-18-26-30(24)23(21)29-16-14-28(15-17-29)13-7-10-20-8-5-4-6-9-20/h4-10,18H,3,11-17H2,1-2H3/b10-7+. The Labute approximate surface area is 188 Å². The van der Waals surface area contributed by atoms with Gasteiger partial charge in [-0.1, -0.05) is 42.5 Å². The van der Waals surface area contributed by atoms with E-state index in [2.05, 4.69) is 61.3 Å². The molecular weight excluding hydrogens is 404 g/mol. The van der Waals surface area contributed by atoms with Crippen LogP contribution in [-0.2, 0) is 16.0 Å². The zero-order valence-electron chi connectivity index (χ0n) is 18.8. The van der Waals surface area contributed by atoms with Crippen LogP contribution < -0.4 is 4.90 Å². The number of hydrogen-bond donors (Lipinski definition) is 0. The number of anilines is 1. The average Bonchev–Trinajstić information content (AvgIpc) is 3.27. The molecule has 0 radical (unpaired) electrons. The summed E-state index contributed by atoms with van der Waals surface area (Å²) in [5.74, 6) is 1.39. The molecule has 1 fully saturated rings. The molecular formula is C24H30N6O2. The maximum Gasteiger partial charge on any atom is 0.306 e. The van der Waals surface area contributed by atoms with Gasteiger partial charge in [-0.25, -0.2) is 4.98 Å². The van der Waals surface area contributed by atoms with E-state index in [0.717, 1.165) is 49.8 Å². The van der Waals surface area contributed by atoms with Gasteiger partial charge in [0.2, 0.25) is 0 Å². The predicted molar refractivity (Wildman–Crippen MR) is 125 cm³/mol. The molecule has 3 aromatic rings. The third-order valence-electron chi connectivity index (χ3n) is 5.73. The van der Waals surface area contributed by atoms with Gasteiger partial charge in [-0.2, -0.15) is 14.6 Å². The number of nitrogens with zero attached hydrogens (tertiary/aromatic N) is 6. The van der Waals surface area contributed by atoms with E-state index in [1.807, 2.05) is 19.9 Å². The summed E-state index contributed by atoms with van der Waals surface area (Å²) in [6, 6.07) is 10.4. The molecule has 8 nitrogen and oxygen atoms in total. The summed E-state index contributed by atoms with van der Waals surface area (Å²) in [4.78, 5) is 25.6. The third-order valence-corrected chi connectivity index (χ3v) is 5.73. The molecule has 32 heavy (non-hydrogen) atoms. The first kappa shape index (κ1) is 22.0. The smallest absolute Gasteiger partial charge is 0.306 e. The number of ether oxygens (including phenoxy) is 1. The number of esters is 1. The van der Waals surface area contributed by atoms with Crippen molar-refractivity contribution in [2.75, 3.05) is 44.2 Å². The molecule has 0 aliphatic carbocycles. The lowest BCUT2D eigenvalue weighted by Crippen LogP contribution is -2.47. The SMILES string of the molecule is CCOC(=O)CCc1c(C)nc2ncnn2c1N1CCN(C/C=C/c2ccccc2)CC1. The van der Waals surface area contributed by atoms with Gasteiger partial charge in [0, 0.05) is 50.4 Å². The van der Waals surface area contributed by atoms with Crippen LogP contribution >= 0.6 is 0 Å². The maximum atomic E-state index is 12.0. The molecule has 168 valence electrons. The highest BCUT2D eigenvalue weighted by molar-refractivity contribution is 5.70. The van der Waals surface area contributed by atoms with E-state index in [1.54, 1.807) is 4.52 Å². The van der Waals surface area contributed by atoms with Crippen molar-refractivity contribution in [2.45, 2.75) is 26.7 Å². The minimum absolute atomic E-state index is 0.188. The molecule has 0 spiro atoms. The van der Waals surface area contributed by atoms with Gasteiger partial charge in [0.25, 0.3) is 5.78 Å². The highest BCUT2D eigenvalue weighted by Gasteiger charge is 2.24. The highest BCUT2D eigenvalue weighted by Crippen LogP contribution is 2.26. The second-order valence-corrected chi connectivity index (χ2v) is 7.88. The number of aromatic nitrogens is 4. The molecule has 1 saturated heterocycles. The summed E-state index contributed by atoms with van der Waals surface area (Å²) >= 11 is 0. The van der Waals surface area contributed by atoms with E-state index in [4.69, 9.17) is 4.74 Å². The quantitative estimate of drug-likeness (QED) is 0.505. The minimum Gasteiger partial charge on any atom is -0.466 e. The molecule has 1 aromatic carbocycles. The zero-order chi connectivity index (χ0) is 22.3. The number of rotatable bonds is 8. The number of aryl methyl sites for hydroxylation is 1. The van der Waals surface area contributed by atoms with Crippen LogP contribution in [0.5, 0.6) is 0 Å². The van der Waals surface area contributed by atoms with Gasteiger partial charge >= 0.3 is 5.97 Å². The van der Waals surface area contributed by atoms with Crippen LogP contribution in [0.15, 0.2) is 42.7 Å². The Kier molecular flexibility index (Phi) is 7.11. The largest absolute Gasteiger partial charge is 0.466 e. The Bertz CT molecular complexity index is 1070. The molecule has 1 aliphatic rings. The van der Waals surface area contributed by atoms with Gasteiger partial charge in [0.15, 0.2) is 0 Å². The van der Waals surface area contributed by atoms with E-state index < -0.39 is 0 Å². The van der Waals surface area contributed by atoms with Crippen molar-refractivity contribution >= 4 is 23.6 Å². The highest BCUT2D eigenvalue weighted by atomic mass is 16.5. The second-order valence-electron chi connectivity index (χ2n) is 7.88. The summed E-state index contributed by atoms with van der Waals surface area (Å²) in [5.41, 5.74) is 3.14. The zero-order valence-corrected chi connectivity index (χ0v) is 18.8. The predicted octanol–water partition coefficient (Wildman–Crippen LogP) is 2.76. The van der Waals surface area contributed by atoms with Crippen LogP contribution in [0.25, 0.3) is 11.9 Å². The van der Waals surface area contributed by atoms with E-state index >= 15 is 0 Å². The van der Waals surface area contributed by atoms with Crippen LogP contribution in [0.2, 0.25) is 0 Å². The molecule has 0 bridgehead atoms. The van der Waals surface area contributed by atoms with Crippen LogP contribution in [0.3, 0.4) is 0 Å². The van der Waals surface area contributed by atoms with Crippen molar-refractivity contribution in [2.24, 2.45) is 0 Å². The van der Waals surface area contributed by atoms with Crippen molar-refractivity contribution in [1.29, 1.82) is 0 Å². The Morgan fingerprint density at radius 2 is 1.94 bits per heavy atom. The molecule has 2 aromatic heterocycles. The van der Waals surface area contributed by atoms with Crippen molar-refractivity contribution in [3.05, 3.63) is 59.6 Å². The van der Waals surface area contributed by atoms with Crippen molar-refractivity contribution in [1.82, 2.24) is 24.5 Å². The first-order valence-electron chi connectivity index (χ1n) is 11.2. The number of carbonyl (C=O) groups excluding carboxylic acids is 1. The molecule has 1 aliphatic heterocycles. The lowest BCUT2D eigenvalue weighted by Gasteiger charge is -2.36. The molecule has 0 N–H and O–H groups in total. The van der Waals surface area contributed by atoms with Crippen LogP contribution in [0, 0.1) is 6.92 Å². The average molecular weight is 435 g/mol. The van der Waals surface area contributed by atoms with E-state index in [-0.39, 0.29) is 5.97 Å². The molecule has 0 saturated carbocycles. The molecule has 0 amide bonds. The topological polar surface area (TPSA) is 75.9 Å². The molecule has 8 heteroatoms. The maximum absolute atomic E-state index is 12.0. The summed E-state index contributed by atoms with van der Waals surface area (Å²) in [6.07, 6.45) is 6.83. The van der Waals surface area contributed by atoms with Crippen molar-refractivity contribution in [3.63, 3.8) is 0 Å². The second kappa shape index (κ2) is 10.4. The monoisotopic (exact) mass is 434 g/mol. The fourth-order valence-corrected chi connectivity index (χ4v) is 4.09. The summed E-state index contributed by atoms with van der Waals surface area (Å²) in [6.45, 7) is 8.78. The first-order valence-corrected chi connectivity index (χ1v) is 11.2. The van der Waals surface area contributed by atoms with Crippen molar-refractivity contribution < 1.29 is 9.53 Å². The fourth-order valence-electron chi connectivity index (χ4n) is 4.09. The minimum atomic E-state index is -0.188. The lowest BCUT2D eigenvalue weighted by molar-refractivity contribution is -0.143. The fraction of sp³-hybridized carbons (Fsp3) is 0.417. The number of piperazine rings is 1. The Morgan fingerprint density at radius 3 is 2.69 bits per heavy atom. The lowest BCUT2D eigenvalue weighted by atomic mass is 10.1. The number of hydrogen-bond acceptors (Lipinski definition) is 7. The molecule has 0 unspecified atom stereocenters. The summed E-state index contributed by atoms with van der Waals surface area (Å²) in [5, 5.41) is 4.42. The molecule has 3 heterocycles. The molecule has 0 atom stereocenters. The third kappa shape index (κ3) is 5.13. The van der Waals surface area contributed by atoms with Crippen LogP contribution in [0.1, 0.15) is 30.2 Å². The Balaban J connectivity index is 1.46. The van der Waals surface area contributed by atoms with Gasteiger partial charge in [0.05, 0.1) is 6.61 Å². The Hall–Kier alpha value is -3.26. The van der Waals surface area contributed by atoms with E-state index in [1.165, 1.54) is 11.9 Å². The number of fused-ring (bicyclic) bond motifs is 1. The molecule has 4 rings (SSSR count). The van der Waals surface area contributed by atoms with Gasteiger partial charge in [-0.05, 0) is 25.8 Å². The van der Waals surface area contributed by atoms with Crippen molar-refractivity contribution in [3.8, 4) is 0 Å². The van der Waals surface area contributed by atoms with Gasteiger partial charge < -0.3 is 9.64 Å². The normalized spacial score (nSPS) is 15.0. The number of benzene rings is 1. The first-order chi connectivity index (χ1) is 15.7. The number of carbonyl (C=O) groups is 1.